The quantitative estimate of drug-likeness (QED) is 0.391. The van der Waals surface area contributed by atoms with E-state index in [2.05, 4.69) is 15.0 Å². The molecule has 0 aliphatic rings. The molecule has 0 aliphatic carbocycles. The minimum Gasteiger partial charge on any atom is -0.343 e. The van der Waals surface area contributed by atoms with Gasteiger partial charge in [-0.15, -0.1) is 17.0 Å². The van der Waals surface area contributed by atoms with Gasteiger partial charge in [0.25, 0.3) is 0 Å². The zero-order valence-electron chi connectivity index (χ0n) is 16.7. The van der Waals surface area contributed by atoms with Crippen LogP contribution in [0.3, 0.4) is 0 Å². The lowest BCUT2D eigenvalue weighted by molar-refractivity contribution is 0.819. The van der Waals surface area contributed by atoms with Gasteiger partial charge in [0, 0.05) is 68.1 Å². The van der Waals surface area contributed by atoms with Crippen LogP contribution in [0.15, 0.2) is 67.3 Å². The van der Waals surface area contributed by atoms with E-state index in [0.717, 1.165) is 41.3 Å². The van der Waals surface area contributed by atoms with Gasteiger partial charge in [-0.05, 0) is 29.8 Å². The van der Waals surface area contributed by atoms with E-state index in [9.17, 15) is 0 Å². The van der Waals surface area contributed by atoms with Crippen LogP contribution in [0.25, 0.3) is 22.6 Å². The van der Waals surface area contributed by atoms with Crippen LogP contribution >= 0.6 is 28.6 Å². The molecule has 6 nitrogen and oxygen atoms in total. The van der Waals surface area contributed by atoms with Crippen LogP contribution < -0.4 is 4.90 Å². The van der Waals surface area contributed by atoms with E-state index >= 15 is 0 Å². The first-order chi connectivity index (χ1) is 14.1. The van der Waals surface area contributed by atoms with Gasteiger partial charge >= 0.3 is 0 Å². The van der Waals surface area contributed by atoms with Crippen molar-refractivity contribution in [1.82, 2.24) is 24.5 Å². The normalized spacial score (nSPS) is 10.5. The Bertz CT molecular complexity index is 1120. The van der Waals surface area contributed by atoms with Crippen LogP contribution in [0.5, 0.6) is 0 Å². The van der Waals surface area contributed by atoms with Crippen molar-refractivity contribution in [3.63, 3.8) is 0 Å². The average molecular weight is 486 g/mol. The number of benzene rings is 1. The molecule has 3 heterocycles. The number of aromatic nitrogens is 5. The smallest absolute Gasteiger partial charge is 0.225 e. The zero-order valence-corrected chi connectivity index (χ0v) is 19.2. The number of nitrogens with zero attached hydrogens (tertiary/aromatic N) is 6. The fourth-order valence-corrected chi connectivity index (χ4v) is 3.31. The number of aryl methyl sites for hydroxylation is 1. The number of pyridine rings is 1. The minimum atomic E-state index is 0. The highest BCUT2D eigenvalue weighted by Crippen LogP contribution is 2.31. The molecule has 8 heteroatoms. The first-order valence-corrected chi connectivity index (χ1v) is 9.71. The third kappa shape index (κ3) is 4.86. The molecule has 0 N–H and O–H groups in total. The number of halogens is 2. The van der Waals surface area contributed by atoms with Gasteiger partial charge in [0.2, 0.25) is 5.95 Å². The topological polar surface area (TPSA) is 59.7 Å². The Labute approximate surface area is 191 Å². The molecule has 0 bridgehead atoms. The standard InChI is InChI=1S/C22H21ClN6.BrH/c1-28-13-11-25-21(28)20-19(16-6-5-7-17(23)14-16)15-26-22(27-20)29(2)12-9-18-8-3-4-10-24-18;/h3-8,10-11,13-15H,9,12H2,1-2H3;1H. The number of hydrogen-bond acceptors (Lipinski definition) is 5. The van der Waals surface area contributed by atoms with Crippen LogP contribution in [0.4, 0.5) is 5.95 Å². The summed E-state index contributed by atoms with van der Waals surface area (Å²) in [5.74, 6) is 1.42. The van der Waals surface area contributed by atoms with Crippen LogP contribution in [0.1, 0.15) is 5.69 Å². The van der Waals surface area contributed by atoms with Gasteiger partial charge in [-0.3, -0.25) is 4.98 Å². The second-order valence-electron chi connectivity index (χ2n) is 6.80. The maximum Gasteiger partial charge on any atom is 0.225 e. The summed E-state index contributed by atoms with van der Waals surface area (Å²) >= 11 is 6.21. The molecule has 0 radical (unpaired) electrons. The van der Waals surface area contributed by atoms with Crippen LogP contribution in [-0.2, 0) is 13.5 Å². The lowest BCUT2D eigenvalue weighted by Gasteiger charge is -2.19. The van der Waals surface area contributed by atoms with Gasteiger partial charge < -0.3 is 9.47 Å². The van der Waals surface area contributed by atoms with E-state index in [1.165, 1.54) is 0 Å². The first kappa shape index (κ1) is 21.9. The Morgan fingerprint density at radius 3 is 2.60 bits per heavy atom. The van der Waals surface area contributed by atoms with Crippen LogP contribution in [0.2, 0.25) is 5.02 Å². The molecule has 30 heavy (non-hydrogen) atoms. The second kappa shape index (κ2) is 9.82. The van der Waals surface area contributed by atoms with Crippen molar-refractivity contribution < 1.29 is 0 Å². The maximum atomic E-state index is 6.21. The summed E-state index contributed by atoms with van der Waals surface area (Å²) in [6.07, 6.45) is 8.14. The lowest BCUT2D eigenvalue weighted by Crippen LogP contribution is -2.23. The van der Waals surface area contributed by atoms with Crippen LogP contribution in [0, 0.1) is 0 Å². The fraction of sp³-hybridized carbons (Fsp3) is 0.182. The molecule has 4 aromatic rings. The van der Waals surface area contributed by atoms with Crippen molar-refractivity contribution >= 4 is 34.5 Å². The highest BCUT2D eigenvalue weighted by Gasteiger charge is 2.17. The Balaban J connectivity index is 0.00000256. The zero-order chi connectivity index (χ0) is 20.2. The van der Waals surface area contributed by atoms with Gasteiger partial charge in [-0.2, -0.15) is 0 Å². The average Bonchev–Trinajstić information content (AvgIpc) is 3.18. The van der Waals surface area contributed by atoms with Gasteiger partial charge in [0.05, 0.1) is 0 Å². The molecule has 3 aromatic heterocycles. The van der Waals surface area contributed by atoms with E-state index in [1.54, 1.807) is 6.20 Å². The summed E-state index contributed by atoms with van der Waals surface area (Å²) < 4.78 is 1.95. The highest BCUT2D eigenvalue weighted by atomic mass is 79.9. The van der Waals surface area contributed by atoms with E-state index in [-0.39, 0.29) is 17.0 Å². The van der Waals surface area contributed by atoms with E-state index < -0.39 is 0 Å². The predicted molar refractivity (Wildman–Crippen MR) is 126 cm³/mol. The molecule has 154 valence electrons. The molecule has 0 amide bonds. The Morgan fingerprint density at radius 1 is 1.03 bits per heavy atom. The van der Waals surface area contributed by atoms with Crippen molar-refractivity contribution in [1.29, 1.82) is 0 Å². The molecule has 0 fully saturated rings. The SMILES string of the molecule is Br.CN(CCc1ccccn1)c1ncc(-c2cccc(Cl)c2)c(-c2nccn2C)n1. The fourth-order valence-electron chi connectivity index (χ4n) is 3.12. The summed E-state index contributed by atoms with van der Waals surface area (Å²) in [6, 6.07) is 13.6. The molecule has 0 aliphatic heterocycles. The number of anilines is 1. The number of imidazole rings is 1. The number of rotatable bonds is 6. The molecular weight excluding hydrogens is 464 g/mol. The van der Waals surface area contributed by atoms with Crippen molar-refractivity contribution in [2.45, 2.75) is 6.42 Å². The maximum absolute atomic E-state index is 6.21. The Kier molecular flexibility index (Phi) is 7.18. The Hall–Kier alpha value is -2.77. The molecule has 0 spiro atoms. The molecule has 0 atom stereocenters. The third-order valence-corrected chi connectivity index (χ3v) is 4.95. The van der Waals surface area contributed by atoms with Gasteiger partial charge in [0.1, 0.15) is 5.69 Å². The van der Waals surface area contributed by atoms with Crippen molar-refractivity contribution in [3.8, 4) is 22.6 Å². The third-order valence-electron chi connectivity index (χ3n) is 4.72. The van der Waals surface area contributed by atoms with E-state index in [4.69, 9.17) is 16.6 Å². The lowest BCUT2D eigenvalue weighted by atomic mass is 10.1. The van der Waals surface area contributed by atoms with E-state index in [1.807, 2.05) is 84.6 Å². The van der Waals surface area contributed by atoms with Crippen LogP contribution in [-0.4, -0.2) is 38.1 Å². The van der Waals surface area contributed by atoms with E-state index in [0.29, 0.717) is 11.0 Å². The largest absolute Gasteiger partial charge is 0.343 e. The summed E-state index contributed by atoms with van der Waals surface area (Å²) in [7, 11) is 3.94. The molecule has 0 unspecified atom stereocenters. The molecular formula is C22H22BrClN6. The Morgan fingerprint density at radius 2 is 1.90 bits per heavy atom. The molecule has 1 aromatic carbocycles. The molecule has 0 saturated carbocycles. The second-order valence-corrected chi connectivity index (χ2v) is 7.23. The summed E-state index contributed by atoms with van der Waals surface area (Å²) in [4.78, 5) is 20.4. The first-order valence-electron chi connectivity index (χ1n) is 9.33. The summed E-state index contributed by atoms with van der Waals surface area (Å²) in [6.45, 7) is 0.757. The number of hydrogen-bond donors (Lipinski definition) is 0. The van der Waals surface area contributed by atoms with Crippen molar-refractivity contribution in [2.24, 2.45) is 7.05 Å². The summed E-state index contributed by atoms with van der Waals surface area (Å²) in [5.41, 5.74) is 3.66. The van der Waals surface area contributed by atoms with Crippen molar-refractivity contribution in [3.05, 3.63) is 78.0 Å². The monoisotopic (exact) mass is 484 g/mol. The van der Waals surface area contributed by atoms with Gasteiger partial charge in [0.15, 0.2) is 5.82 Å². The molecule has 4 rings (SSSR count). The van der Waals surface area contributed by atoms with Gasteiger partial charge in [-0.25, -0.2) is 15.0 Å². The summed E-state index contributed by atoms with van der Waals surface area (Å²) in [5, 5.41) is 0.671. The van der Waals surface area contributed by atoms with Gasteiger partial charge in [-0.1, -0.05) is 29.8 Å². The highest BCUT2D eigenvalue weighted by molar-refractivity contribution is 8.93. The van der Waals surface area contributed by atoms with Crippen molar-refractivity contribution in [2.75, 3.05) is 18.5 Å². The minimum absolute atomic E-state index is 0. The predicted octanol–water partition coefficient (Wildman–Crippen LogP) is 4.85. The number of likely N-dealkylation sites (N-methyl/N-ethyl adjacent to an activating group) is 1. The molecule has 0 saturated heterocycles.